The molecule has 0 saturated carbocycles. The molecule has 0 bridgehead atoms. The summed E-state index contributed by atoms with van der Waals surface area (Å²) in [5, 5.41) is 20.2. The Balaban J connectivity index is 2.14. The summed E-state index contributed by atoms with van der Waals surface area (Å²) < 4.78 is 7.46. The van der Waals surface area contributed by atoms with Crippen LogP contribution in [0.25, 0.3) is 10.9 Å². The van der Waals surface area contributed by atoms with Gasteiger partial charge >= 0.3 is 5.97 Å². The van der Waals surface area contributed by atoms with Gasteiger partial charge < -0.3 is 25.3 Å². The number of epoxide rings is 1. The number of carboxylic acids is 1. The Morgan fingerprint density at radius 1 is 1.45 bits per heavy atom. The van der Waals surface area contributed by atoms with Crippen molar-refractivity contribution in [3.63, 3.8) is 0 Å². The lowest BCUT2D eigenvalue weighted by molar-refractivity contribution is -0.141. The Labute approximate surface area is 128 Å². The number of fused-ring (bicyclic) bond motifs is 1. The van der Waals surface area contributed by atoms with E-state index in [0.717, 1.165) is 10.9 Å². The molecule has 1 saturated heterocycles. The van der Waals surface area contributed by atoms with Crippen LogP contribution in [0.2, 0.25) is 0 Å². The Kier molecular flexibility index (Phi) is 3.47. The van der Waals surface area contributed by atoms with E-state index in [2.05, 4.69) is 13.8 Å². The van der Waals surface area contributed by atoms with Crippen LogP contribution in [0.3, 0.4) is 0 Å². The van der Waals surface area contributed by atoms with Crippen LogP contribution >= 0.6 is 0 Å². The van der Waals surface area contributed by atoms with E-state index >= 15 is 0 Å². The number of ether oxygens (including phenoxy) is 1. The maximum absolute atomic E-state index is 11.1. The molecule has 2 aromatic rings. The molecule has 1 aliphatic heterocycles. The Bertz CT molecular complexity index is 718. The van der Waals surface area contributed by atoms with Gasteiger partial charge in [-0.05, 0) is 19.9 Å². The van der Waals surface area contributed by atoms with Crippen molar-refractivity contribution >= 4 is 16.9 Å². The van der Waals surface area contributed by atoms with Gasteiger partial charge in [0.15, 0.2) is 0 Å². The molecular weight excluding hydrogens is 284 g/mol. The summed E-state index contributed by atoms with van der Waals surface area (Å²) >= 11 is 0. The van der Waals surface area contributed by atoms with Crippen molar-refractivity contribution < 1.29 is 19.7 Å². The number of benzene rings is 1. The van der Waals surface area contributed by atoms with Gasteiger partial charge in [-0.1, -0.05) is 18.2 Å². The Morgan fingerprint density at radius 3 is 2.68 bits per heavy atom. The maximum atomic E-state index is 11.1. The molecular formula is C16H20N2O4. The normalized spacial score (nSPS) is 20.8. The number of aliphatic hydroxyl groups is 1. The highest BCUT2D eigenvalue weighted by Gasteiger charge is 2.42. The lowest BCUT2D eigenvalue weighted by atomic mass is 10.0. The molecule has 1 aromatic heterocycles. The number of nitrogens with two attached hydrogens (primary N) is 1. The number of hydrogen-bond donors (Lipinski definition) is 3. The average molecular weight is 304 g/mol. The predicted molar refractivity (Wildman–Crippen MR) is 81.6 cm³/mol. The second-order valence-corrected chi connectivity index (χ2v) is 6.26. The van der Waals surface area contributed by atoms with Gasteiger partial charge in [0.2, 0.25) is 0 Å². The van der Waals surface area contributed by atoms with Crippen LogP contribution in [0, 0.1) is 0 Å². The molecule has 22 heavy (non-hydrogen) atoms. The van der Waals surface area contributed by atoms with Crippen LogP contribution in [-0.2, 0) is 15.1 Å². The van der Waals surface area contributed by atoms with Crippen molar-refractivity contribution in [2.45, 2.75) is 37.6 Å². The molecule has 1 aliphatic rings. The van der Waals surface area contributed by atoms with Gasteiger partial charge in [0.1, 0.15) is 18.2 Å². The number of nitrogens with zero attached hydrogens (tertiary/aromatic N) is 1. The van der Waals surface area contributed by atoms with E-state index in [1.807, 2.05) is 28.8 Å². The van der Waals surface area contributed by atoms with E-state index in [9.17, 15) is 9.90 Å². The van der Waals surface area contributed by atoms with Crippen molar-refractivity contribution in [2.24, 2.45) is 5.73 Å². The first kappa shape index (κ1) is 15.0. The monoisotopic (exact) mass is 304 g/mol. The minimum Gasteiger partial charge on any atom is -0.480 e. The van der Waals surface area contributed by atoms with Crippen LogP contribution in [0.5, 0.6) is 0 Å². The smallest absolute Gasteiger partial charge is 0.323 e. The first-order valence-electron chi connectivity index (χ1n) is 7.22. The highest BCUT2D eigenvalue weighted by Crippen LogP contribution is 2.37. The first-order chi connectivity index (χ1) is 10.3. The molecule has 0 spiro atoms. The summed E-state index contributed by atoms with van der Waals surface area (Å²) in [4.78, 5) is 11.1. The number of rotatable bonds is 5. The quantitative estimate of drug-likeness (QED) is 0.721. The largest absolute Gasteiger partial charge is 0.480 e. The Hall–Kier alpha value is -1.89. The van der Waals surface area contributed by atoms with Crippen molar-refractivity contribution in [2.75, 3.05) is 6.61 Å². The highest BCUT2D eigenvalue weighted by atomic mass is 16.6. The number of aliphatic hydroxyl groups excluding tert-OH is 1. The molecule has 0 aliphatic carbocycles. The molecule has 6 nitrogen and oxygen atoms in total. The number of hydrogen-bond acceptors (Lipinski definition) is 4. The van der Waals surface area contributed by atoms with Gasteiger partial charge in [0, 0.05) is 22.7 Å². The van der Waals surface area contributed by atoms with Crippen LogP contribution in [0.1, 0.15) is 25.5 Å². The molecule has 3 unspecified atom stereocenters. The van der Waals surface area contributed by atoms with Crippen LogP contribution in [0.4, 0.5) is 0 Å². The van der Waals surface area contributed by atoms with E-state index in [1.54, 1.807) is 6.20 Å². The summed E-state index contributed by atoms with van der Waals surface area (Å²) in [6, 6.07) is 6.22. The van der Waals surface area contributed by atoms with E-state index in [1.165, 1.54) is 0 Å². The second-order valence-electron chi connectivity index (χ2n) is 6.26. The van der Waals surface area contributed by atoms with Gasteiger partial charge in [0.05, 0.1) is 12.1 Å². The lowest BCUT2D eigenvalue weighted by Crippen LogP contribution is -2.36. The number of para-hydroxylation sites is 1. The molecule has 0 amide bonds. The first-order valence-corrected chi connectivity index (χ1v) is 7.22. The summed E-state index contributed by atoms with van der Waals surface area (Å²) in [5.74, 6) is -1.23. The number of carbonyl (C=O) groups is 1. The van der Waals surface area contributed by atoms with Gasteiger partial charge in [-0.3, -0.25) is 4.79 Å². The molecule has 0 radical (unpaired) electrons. The SMILES string of the molecule is CC(C)(C1CO1)n1cc(C(O)C(N)C(=O)O)c2ccccc21. The summed E-state index contributed by atoms with van der Waals surface area (Å²) in [6.45, 7) is 4.82. The third-order valence-corrected chi connectivity index (χ3v) is 4.43. The van der Waals surface area contributed by atoms with E-state index in [4.69, 9.17) is 15.6 Å². The molecule has 6 heteroatoms. The molecule has 3 rings (SSSR count). The number of carboxylic acid groups (broad SMARTS) is 1. The Morgan fingerprint density at radius 2 is 2.09 bits per heavy atom. The third-order valence-electron chi connectivity index (χ3n) is 4.43. The van der Waals surface area contributed by atoms with Crippen LogP contribution < -0.4 is 5.73 Å². The minimum absolute atomic E-state index is 0.112. The van der Waals surface area contributed by atoms with Gasteiger partial charge in [0.25, 0.3) is 0 Å². The average Bonchev–Trinajstić information content (AvgIpc) is 3.27. The zero-order valence-electron chi connectivity index (χ0n) is 12.6. The fourth-order valence-corrected chi connectivity index (χ4v) is 2.86. The van der Waals surface area contributed by atoms with Gasteiger partial charge in [-0.2, -0.15) is 0 Å². The van der Waals surface area contributed by atoms with Crippen molar-refractivity contribution in [1.82, 2.24) is 4.57 Å². The van der Waals surface area contributed by atoms with Gasteiger partial charge in [-0.15, -0.1) is 0 Å². The molecule has 3 atom stereocenters. The number of aliphatic carboxylic acids is 1. The number of aromatic nitrogens is 1. The molecule has 118 valence electrons. The van der Waals surface area contributed by atoms with Crippen LogP contribution in [-0.4, -0.2) is 39.5 Å². The van der Waals surface area contributed by atoms with Crippen molar-refractivity contribution in [1.29, 1.82) is 0 Å². The predicted octanol–water partition coefficient (Wildman–Crippen LogP) is 1.22. The van der Waals surface area contributed by atoms with E-state index in [-0.39, 0.29) is 11.6 Å². The molecule has 1 fully saturated rings. The zero-order chi connectivity index (χ0) is 16.1. The third kappa shape index (κ3) is 2.29. The lowest BCUT2D eigenvalue weighted by Gasteiger charge is -2.26. The fourth-order valence-electron chi connectivity index (χ4n) is 2.86. The molecule has 1 aromatic carbocycles. The van der Waals surface area contributed by atoms with E-state index < -0.39 is 18.1 Å². The van der Waals surface area contributed by atoms with E-state index in [0.29, 0.717) is 12.2 Å². The van der Waals surface area contributed by atoms with Gasteiger partial charge in [-0.25, -0.2) is 0 Å². The summed E-state index contributed by atoms with van der Waals surface area (Å²) in [7, 11) is 0. The fraction of sp³-hybridized carbons (Fsp3) is 0.438. The van der Waals surface area contributed by atoms with Crippen molar-refractivity contribution in [3.8, 4) is 0 Å². The maximum Gasteiger partial charge on any atom is 0.323 e. The van der Waals surface area contributed by atoms with Crippen LogP contribution in [0.15, 0.2) is 30.5 Å². The highest BCUT2D eigenvalue weighted by molar-refractivity contribution is 5.86. The topological polar surface area (TPSA) is 101 Å². The second kappa shape index (κ2) is 5.08. The minimum atomic E-state index is -1.36. The summed E-state index contributed by atoms with van der Waals surface area (Å²) in [6.07, 6.45) is 0.640. The van der Waals surface area contributed by atoms with Crippen molar-refractivity contribution in [3.05, 3.63) is 36.0 Å². The standard InChI is InChI=1S/C16H20N2O4/c1-16(2,12-8-22-12)18-7-10(14(19)13(17)15(20)21)9-5-3-4-6-11(9)18/h3-7,12-14,19H,8,17H2,1-2H3,(H,20,21). The summed E-state index contributed by atoms with van der Waals surface area (Å²) in [5.41, 5.74) is 6.76. The molecule has 4 N–H and O–H groups in total. The zero-order valence-corrected chi connectivity index (χ0v) is 12.6. The molecule has 2 heterocycles.